The van der Waals surface area contributed by atoms with Crippen LogP contribution >= 0.6 is 11.3 Å². The van der Waals surface area contributed by atoms with Crippen molar-refractivity contribution in [3.63, 3.8) is 0 Å². The highest BCUT2D eigenvalue weighted by atomic mass is 32.1. The Balaban J connectivity index is 1.94. The van der Waals surface area contributed by atoms with Crippen LogP contribution in [0.2, 0.25) is 0 Å². The molecule has 106 valence electrons. The molecular formula is C14H22N2O2S. The minimum atomic E-state index is -0.797. The lowest BCUT2D eigenvalue weighted by Crippen LogP contribution is -2.30. The van der Waals surface area contributed by atoms with Crippen LogP contribution in [-0.2, 0) is 10.2 Å². The molecule has 1 aromatic rings. The lowest BCUT2D eigenvalue weighted by Gasteiger charge is -2.20. The highest BCUT2D eigenvalue weighted by Crippen LogP contribution is 2.33. The molecule has 4 nitrogen and oxygen atoms in total. The average molecular weight is 282 g/mol. The van der Waals surface area contributed by atoms with Crippen molar-refractivity contribution in [1.29, 1.82) is 0 Å². The van der Waals surface area contributed by atoms with Gasteiger partial charge in [0.2, 0.25) is 5.91 Å². The third-order valence-corrected chi connectivity index (χ3v) is 4.30. The topological polar surface area (TPSA) is 62.2 Å². The van der Waals surface area contributed by atoms with Gasteiger partial charge >= 0.3 is 0 Å². The molecule has 0 aliphatic heterocycles. The Kier molecular flexibility index (Phi) is 3.97. The van der Waals surface area contributed by atoms with Crippen LogP contribution < -0.4 is 5.32 Å². The zero-order valence-electron chi connectivity index (χ0n) is 11.8. The third kappa shape index (κ3) is 3.76. The van der Waals surface area contributed by atoms with E-state index in [0.717, 1.165) is 31.4 Å². The second-order valence-electron chi connectivity index (χ2n) is 6.44. The number of carbonyl (C=O) groups is 1. The maximum Gasteiger partial charge on any atom is 0.229 e. The Morgan fingerprint density at radius 1 is 1.47 bits per heavy atom. The third-order valence-electron chi connectivity index (χ3n) is 3.54. The van der Waals surface area contributed by atoms with Gasteiger partial charge in [-0.1, -0.05) is 33.6 Å². The Morgan fingerprint density at radius 2 is 2.11 bits per heavy atom. The van der Waals surface area contributed by atoms with E-state index in [9.17, 15) is 9.90 Å². The summed E-state index contributed by atoms with van der Waals surface area (Å²) in [6.45, 7) is 6.28. The molecule has 1 amide bonds. The van der Waals surface area contributed by atoms with Gasteiger partial charge < -0.3 is 10.4 Å². The van der Waals surface area contributed by atoms with Crippen LogP contribution in [-0.4, -0.2) is 21.6 Å². The number of aromatic nitrogens is 1. The van der Waals surface area contributed by atoms with Gasteiger partial charge in [-0.2, -0.15) is 0 Å². The molecule has 1 aliphatic rings. The molecule has 19 heavy (non-hydrogen) atoms. The molecule has 0 aromatic carbocycles. The van der Waals surface area contributed by atoms with Crippen molar-refractivity contribution in [3.8, 4) is 0 Å². The molecule has 0 bridgehead atoms. The fourth-order valence-electron chi connectivity index (χ4n) is 2.35. The average Bonchev–Trinajstić information content (AvgIpc) is 2.86. The molecular weight excluding hydrogens is 260 g/mol. The summed E-state index contributed by atoms with van der Waals surface area (Å²) >= 11 is 1.44. The number of hydrogen-bond donors (Lipinski definition) is 2. The number of nitrogens with one attached hydrogen (secondary N) is 1. The Labute approximate surface area is 118 Å². The van der Waals surface area contributed by atoms with Crippen molar-refractivity contribution < 1.29 is 9.90 Å². The van der Waals surface area contributed by atoms with Crippen LogP contribution in [0.25, 0.3) is 0 Å². The number of amides is 1. The standard InChI is InChI=1S/C14H22N2O2S/c1-13(2,3)10-9-19-12(15-10)16-11(17)8-14(18)6-4-5-7-14/h9,18H,4-8H2,1-3H3,(H,15,16,17). The molecule has 5 heteroatoms. The number of thiazole rings is 1. The predicted molar refractivity (Wildman–Crippen MR) is 77.5 cm³/mol. The van der Waals surface area contributed by atoms with Gasteiger partial charge in [-0.25, -0.2) is 4.98 Å². The van der Waals surface area contributed by atoms with Crippen LogP contribution in [0.3, 0.4) is 0 Å². The first kappa shape index (κ1) is 14.5. The fraction of sp³-hybridized carbons (Fsp3) is 0.714. The van der Waals surface area contributed by atoms with E-state index in [2.05, 4.69) is 31.1 Å². The second-order valence-corrected chi connectivity index (χ2v) is 7.30. The number of anilines is 1. The largest absolute Gasteiger partial charge is 0.389 e. The zero-order chi connectivity index (χ0) is 14.1. The monoisotopic (exact) mass is 282 g/mol. The first-order valence-electron chi connectivity index (χ1n) is 6.77. The second kappa shape index (κ2) is 5.21. The summed E-state index contributed by atoms with van der Waals surface area (Å²) in [6.07, 6.45) is 3.65. The normalized spacial score (nSPS) is 18.5. The first-order valence-corrected chi connectivity index (χ1v) is 7.65. The molecule has 1 fully saturated rings. The molecule has 0 unspecified atom stereocenters. The van der Waals surface area contributed by atoms with Crippen molar-refractivity contribution in [3.05, 3.63) is 11.1 Å². The number of hydrogen-bond acceptors (Lipinski definition) is 4. The fourth-order valence-corrected chi connectivity index (χ4v) is 3.30. The number of aliphatic hydroxyl groups is 1. The maximum atomic E-state index is 11.9. The minimum absolute atomic E-state index is 0.0108. The van der Waals surface area contributed by atoms with Crippen molar-refractivity contribution in [2.24, 2.45) is 0 Å². The summed E-state index contributed by atoms with van der Waals surface area (Å²) in [5, 5.41) is 15.6. The summed E-state index contributed by atoms with van der Waals surface area (Å²) in [5.74, 6) is -0.140. The molecule has 1 heterocycles. The molecule has 0 saturated heterocycles. The van der Waals surface area contributed by atoms with Gasteiger partial charge in [0.1, 0.15) is 0 Å². The van der Waals surface area contributed by atoms with Crippen molar-refractivity contribution >= 4 is 22.4 Å². The smallest absolute Gasteiger partial charge is 0.229 e. The van der Waals surface area contributed by atoms with Gasteiger partial charge in [0.15, 0.2) is 5.13 Å². The van der Waals surface area contributed by atoms with Gasteiger partial charge in [-0.3, -0.25) is 4.79 Å². The van der Waals surface area contributed by atoms with Gasteiger partial charge in [0.05, 0.1) is 17.7 Å². The van der Waals surface area contributed by atoms with E-state index in [-0.39, 0.29) is 17.7 Å². The van der Waals surface area contributed by atoms with E-state index in [4.69, 9.17) is 0 Å². The van der Waals surface area contributed by atoms with Crippen molar-refractivity contribution in [2.75, 3.05) is 5.32 Å². The molecule has 0 spiro atoms. The lowest BCUT2D eigenvalue weighted by molar-refractivity contribution is -0.120. The maximum absolute atomic E-state index is 11.9. The molecule has 0 atom stereocenters. The summed E-state index contributed by atoms with van der Waals surface area (Å²) in [6, 6.07) is 0. The van der Waals surface area contributed by atoms with Crippen molar-refractivity contribution in [2.45, 2.75) is 63.9 Å². The van der Waals surface area contributed by atoms with Gasteiger partial charge in [0.25, 0.3) is 0 Å². The first-order chi connectivity index (χ1) is 8.78. The summed E-state index contributed by atoms with van der Waals surface area (Å²) in [7, 11) is 0. The van der Waals surface area contributed by atoms with Gasteiger partial charge in [-0.05, 0) is 12.8 Å². The van der Waals surface area contributed by atoms with Crippen LogP contribution in [0.15, 0.2) is 5.38 Å². The number of nitrogens with zero attached hydrogens (tertiary/aromatic N) is 1. The highest BCUT2D eigenvalue weighted by Gasteiger charge is 2.33. The molecule has 1 aliphatic carbocycles. The zero-order valence-corrected chi connectivity index (χ0v) is 12.6. The van der Waals surface area contributed by atoms with Crippen LogP contribution in [0.4, 0.5) is 5.13 Å². The van der Waals surface area contributed by atoms with E-state index < -0.39 is 5.60 Å². The molecule has 2 N–H and O–H groups in total. The van der Waals surface area contributed by atoms with E-state index in [1.807, 2.05) is 5.38 Å². The van der Waals surface area contributed by atoms with E-state index in [0.29, 0.717) is 5.13 Å². The minimum Gasteiger partial charge on any atom is -0.389 e. The van der Waals surface area contributed by atoms with E-state index >= 15 is 0 Å². The summed E-state index contributed by atoms with van der Waals surface area (Å²) in [4.78, 5) is 16.4. The Morgan fingerprint density at radius 3 is 2.63 bits per heavy atom. The molecule has 1 aromatic heterocycles. The SMILES string of the molecule is CC(C)(C)c1csc(NC(=O)CC2(O)CCCC2)n1. The van der Waals surface area contributed by atoms with Crippen LogP contribution in [0.1, 0.15) is 58.6 Å². The van der Waals surface area contributed by atoms with Gasteiger partial charge in [0, 0.05) is 10.8 Å². The lowest BCUT2D eigenvalue weighted by atomic mass is 9.93. The quantitative estimate of drug-likeness (QED) is 0.895. The van der Waals surface area contributed by atoms with Gasteiger partial charge in [-0.15, -0.1) is 11.3 Å². The van der Waals surface area contributed by atoms with E-state index in [1.54, 1.807) is 0 Å². The van der Waals surface area contributed by atoms with Crippen LogP contribution in [0.5, 0.6) is 0 Å². The summed E-state index contributed by atoms with van der Waals surface area (Å²) in [5.41, 5.74) is 0.171. The predicted octanol–water partition coefficient (Wildman–Crippen LogP) is 3.07. The number of rotatable bonds is 3. The number of carbonyl (C=O) groups excluding carboxylic acids is 1. The molecule has 1 saturated carbocycles. The van der Waals surface area contributed by atoms with Crippen LogP contribution in [0, 0.1) is 0 Å². The Bertz CT molecular complexity index is 456. The molecule has 0 radical (unpaired) electrons. The van der Waals surface area contributed by atoms with Crippen molar-refractivity contribution in [1.82, 2.24) is 4.98 Å². The molecule has 2 rings (SSSR count). The Hall–Kier alpha value is -0.940. The van der Waals surface area contributed by atoms with E-state index in [1.165, 1.54) is 11.3 Å². The summed E-state index contributed by atoms with van der Waals surface area (Å²) < 4.78 is 0. The highest BCUT2D eigenvalue weighted by molar-refractivity contribution is 7.13.